The third-order valence-corrected chi connectivity index (χ3v) is 4.53. The first-order valence-corrected chi connectivity index (χ1v) is 8.44. The molecule has 0 saturated heterocycles. The number of hydrogen-bond donors (Lipinski definition) is 0. The van der Waals surface area contributed by atoms with Crippen LogP contribution in [0.3, 0.4) is 0 Å². The minimum Gasteiger partial charge on any atom is -0.335 e. The van der Waals surface area contributed by atoms with Crippen molar-refractivity contribution < 1.29 is 4.79 Å². The van der Waals surface area contributed by atoms with Crippen LogP contribution in [-0.4, -0.2) is 48.4 Å². The number of aryl methyl sites for hydroxylation is 1. The number of benzene rings is 1. The fraction of sp³-hybridized carbons (Fsp3) is 0.278. The molecule has 0 saturated carbocycles. The Morgan fingerprint density at radius 1 is 1.00 bits per heavy atom. The van der Waals surface area contributed by atoms with Crippen molar-refractivity contribution in [2.24, 2.45) is 7.05 Å². The number of nitrogens with zero attached hydrogens (tertiary/aromatic N) is 6. The Bertz CT molecular complexity index is 1010. The highest BCUT2D eigenvalue weighted by atomic mass is 16.2. The molecule has 1 aromatic carbocycles. The van der Waals surface area contributed by atoms with Gasteiger partial charge in [-0.1, -0.05) is 30.3 Å². The van der Waals surface area contributed by atoms with E-state index in [1.165, 1.54) is 23.9 Å². The maximum atomic E-state index is 12.7. The van der Waals surface area contributed by atoms with Crippen LogP contribution in [-0.2, 0) is 20.0 Å². The van der Waals surface area contributed by atoms with Gasteiger partial charge in [0.1, 0.15) is 11.5 Å². The summed E-state index contributed by atoms with van der Waals surface area (Å²) in [6.07, 6.45) is 0.622. The van der Waals surface area contributed by atoms with Gasteiger partial charge in [0.25, 0.3) is 11.5 Å². The Balaban J connectivity index is 1.57. The molecule has 0 fully saturated rings. The largest absolute Gasteiger partial charge is 0.335 e. The third kappa shape index (κ3) is 2.90. The first-order valence-electron chi connectivity index (χ1n) is 8.44. The third-order valence-electron chi connectivity index (χ3n) is 4.53. The molecule has 1 aliphatic heterocycles. The SMILES string of the molecule is Cn1nc(C(=O)N2CCc3nnc(-c4ccccc4)n3CC2)ccc1=O. The lowest BCUT2D eigenvalue weighted by Gasteiger charge is -2.19. The molecule has 2 aromatic heterocycles. The van der Waals surface area contributed by atoms with E-state index < -0.39 is 0 Å². The molecule has 0 atom stereocenters. The van der Waals surface area contributed by atoms with E-state index in [0.29, 0.717) is 26.1 Å². The van der Waals surface area contributed by atoms with Crippen molar-refractivity contribution in [3.05, 3.63) is 64.3 Å². The lowest BCUT2D eigenvalue weighted by molar-refractivity contribution is 0.0750. The van der Waals surface area contributed by atoms with Crippen molar-refractivity contribution in [1.29, 1.82) is 0 Å². The molecule has 0 aliphatic carbocycles. The van der Waals surface area contributed by atoms with Crippen LogP contribution in [0.5, 0.6) is 0 Å². The summed E-state index contributed by atoms with van der Waals surface area (Å²) in [6, 6.07) is 12.7. The van der Waals surface area contributed by atoms with Gasteiger partial charge in [0.15, 0.2) is 5.82 Å². The first kappa shape index (κ1) is 16.2. The molecule has 4 rings (SSSR count). The number of aromatic nitrogens is 5. The fourth-order valence-electron chi connectivity index (χ4n) is 3.10. The van der Waals surface area contributed by atoms with Crippen molar-refractivity contribution >= 4 is 5.91 Å². The second-order valence-corrected chi connectivity index (χ2v) is 6.18. The summed E-state index contributed by atoms with van der Waals surface area (Å²) in [5.74, 6) is 1.50. The highest BCUT2D eigenvalue weighted by Gasteiger charge is 2.24. The van der Waals surface area contributed by atoms with Gasteiger partial charge in [0, 0.05) is 44.7 Å². The van der Waals surface area contributed by atoms with Crippen LogP contribution in [0.2, 0.25) is 0 Å². The van der Waals surface area contributed by atoms with E-state index >= 15 is 0 Å². The van der Waals surface area contributed by atoms with Gasteiger partial charge in [-0.3, -0.25) is 9.59 Å². The van der Waals surface area contributed by atoms with E-state index in [0.717, 1.165) is 17.2 Å². The molecule has 0 N–H and O–H groups in total. The quantitative estimate of drug-likeness (QED) is 0.680. The summed E-state index contributed by atoms with van der Waals surface area (Å²) >= 11 is 0. The highest BCUT2D eigenvalue weighted by Crippen LogP contribution is 2.20. The van der Waals surface area contributed by atoms with Crippen LogP contribution in [0.1, 0.15) is 16.3 Å². The Morgan fingerprint density at radius 3 is 2.58 bits per heavy atom. The summed E-state index contributed by atoms with van der Waals surface area (Å²) < 4.78 is 3.24. The van der Waals surface area contributed by atoms with Crippen molar-refractivity contribution in [1.82, 2.24) is 29.4 Å². The first-order chi connectivity index (χ1) is 12.6. The van der Waals surface area contributed by atoms with Crippen LogP contribution in [0.25, 0.3) is 11.4 Å². The molecule has 0 spiro atoms. The number of amides is 1. The Labute approximate surface area is 149 Å². The molecule has 0 radical (unpaired) electrons. The average molecular weight is 350 g/mol. The topological polar surface area (TPSA) is 85.9 Å². The summed E-state index contributed by atoms with van der Waals surface area (Å²) in [4.78, 5) is 26.0. The van der Waals surface area contributed by atoms with E-state index in [-0.39, 0.29) is 17.2 Å². The van der Waals surface area contributed by atoms with E-state index in [4.69, 9.17) is 0 Å². The monoisotopic (exact) mass is 350 g/mol. The lowest BCUT2D eigenvalue weighted by Crippen LogP contribution is -2.35. The molecular weight excluding hydrogens is 332 g/mol. The summed E-state index contributed by atoms with van der Waals surface area (Å²) in [5, 5.41) is 12.7. The van der Waals surface area contributed by atoms with Crippen LogP contribution < -0.4 is 5.56 Å². The van der Waals surface area contributed by atoms with Gasteiger partial charge in [-0.2, -0.15) is 5.10 Å². The fourth-order valence-corrected chi connectivity index (χ4v) is 3.10. The van der Waals surface area contributed by atoms with Gasteiger partial charge in [-0.25, -0.2) is 4.68 Å². The average Bonchev–Trinajstić information content (AvgIpc) is 2.95. The molecule has 26 heavy (non-hydrogen) atoms. The number of rotatable bonds is 2. The molecule has 0 bridgehead atoms. The van der Waals surface area contributed by atoms with Crippen molar-refractivity contribution in [2.45, 2.75) is 13.0 Å². The van der Waals surface area contributed by atoms with Crippen LogP contribution in [0.4, 0.5) is 0 Å². The molecule has 8 heteroatoms. The predicted octanol–water partition coefficient (Wildman–Crippen LogP) is 0.737. The molecule has 3 heterocycles. The summed E-state index contributed by atoms with van der Waals surface area (Å²) in [7, 11) is 1.54. The lowest BCUT2D eigenvalue weighted by atomic mass is 10.2. The maximum Gasteiger partial charge on any atom is 0.274 e. The molecule has 1 aliphatic rings. The second kappa shape index (κ2) is 6.55. The Morgan fingerprint density at radius 2 is 1.81 bits per heavy atom. The van der Waals surface area contributed by atoms with Crippen molar-refractivity contribution in [3.8, 4) is 11.4 Å². The van der Waals surface area contributed by atoms with Gasteiger partial charge < -0.3 is 9.47 Å². The van der Waals surface area contributed by atoms with Gasteiger partial charge >= 0.3 is 0 Å². The van der Waals surface area contributed by atoms with Crippen molar-refractivity contribution in [3.63, 3.8) is 0 Å². The zero-order chi connectivity index (χ0) is 18.1. The van der Waals surface area contributed by atoms with Gasteiger partial charge in [-0.15, -0.1) is 10.2 Å². The number of carbonyl (C=O) groups excluding carboxylic acids is 1. The Kier molecular flexibility index (Phi) is 4.08. The van der Waals surface area contributed by atoms with Crippen LogP contribution >= 0.6 is 0 Å². The normalized spacial score (nSPS) is 14.0. The molecule has 8 nitrogen and oxygen atoms in total. The van der Waals surface area contributed by atoms with Crippen LogP contribution in [0, 0.1) is 0 Å². The molecule has 0 unspecified atom stereocenters. The minimum atomic E-state index is -0.240. The smallest absolute Gasteiger partial charge is 0.274 e. The van der Waals surface area contributed by atoms with E-state index in [1.807, 2.05) is 30.3 Å². The van der Waals surface area contributed by atoms with Gasteiger partial charge in [-0.05, 0) is 6.07 Å². The number of fused-ring (bicyclic) bond motifs is 1. The predicted molar refractivity (Wildman–Crippen MR) is 94.5 cm³/mol. The number of carbonyl (C=O) groups is 1. The highest BCUT2D eigenvalue weighted by molar-refractivity contribution is 5.92. The maximum absolute atomic E-state index is 12.7. The van der Waals surface area contributed by atoms with E-state index in [9.17, 15) is 9.59 Å². The van der Waals surface area contributed by atoms with E-state index in [2.05, 4.69) is 19.9 Å². The molecule has 132 valence electrons. The number of hydrogen-bond acceptors (Lipinski definition) is 5. The molecule has 3 aromatic rings. The summed E-state index contributed by atoms with van der Waals surface area (Å²) in [6.45, 7) is 1.69. The second-order valence-electron chi connectivity index (χ2n) is 6.18. The van der Waals surface area contributed by atoms with Gasteiger partial charge in [0.2, 0.25) is 0 Å². The standard InChI is InChI=1S/C18H18N6O2/c1-22-16(25)8-7-14(21-22)18(26)23-10-9-15-19-20-17(24(15)12-11-23)13-5-3-2-4-6-13/h2-8H,9-12H2,1H3. The zero-order valence-electron chi connectivity index (χ0n) is 14.4. The zero-order valence-corrected chi connectivity index (χ0v) is 14.4. The minimum absolute atomic E-state index is 0.180. The Hall–Kier alpha value is -3.29. The molecular formula is C18H18N6O2. The molecule has 1 amide bonds. The van der Waals surface area contributed by atoms with Crippen molar-refractivity contribution in [2.75, 3.05) is 13.1 Å². The van der Waals surface area contributed by atoms with E-state index in [1.54, 1.807) is 4.90 Å². The van der Waals surface area contributed by atoms with Crippen LogP contribution in [0.15, 0.2) is 47.3 Å². The summed E-state index contributed by atoms with van der Waals surface area (Å²) in [5.41, 5.74) is 1.04. The van der Waals surface area contributed by atoms with Gasteiger partial charge in [0.05, 0.1) is 0 Å².